The van der Waals surface area contributed by atoms with Gasteiger partial charge in [-0.15, -0.1) is 12.4 Å². The Morgan fingerprint density at radius 1 is 1.33 bits per heavy atom. The highest BCUT2D eigenvalue weighted by atomic mass is 35.5. The lowest BCUT2D eigenvalue weighted by molar-refractivity contribution is -0.117. The SMILES string of the molecule is CC(C)(CN)NC(=O)c1ccc(N2CCCC2=O)cc1.Cl. The molecule has 0 aliphatic carbocycles. The van der Waals surface area contributed by atoms with Gasteiger partial charge in [0.25, 0.3) is 5.91 Å². The van der Waals surface area contributed by atoms with Crippen molar-refractivity contribution >= 4 is 29.9 Å². The predicted molar refractivity (Wildman–Crippen MR) is 85.9 cm³/mol. The van der Waals surface area contributed by atoms with Crippen molar-refractivity contribution in [2.24, 2.45) is 5.73 Å². The van der Waals surface area contributed by atoms with E-state index in [4.69, 9.17) is 5.73 Å². The molecule has 6 heteroatoms. The minimum Gasteiger partial charge on any atom is -0.346 e. The van der Waals surface area contributed by atoms with E-state index in [0.29, 0.717) is 18.5 Å². The number of nitrogens with two attached hydrogens (primary N) is 1. The first-order chi connectivity index (χ1) is 9.43. The van der Waals surface area contributed by atoms with Crippen molar-refractivity contribution in [3.63, 3.8) is 0 Å². The molecule has 21 heavy (non-hydrogen) atoms. The van der Waals surface area contributed by atoms with Gasteiger partial charge in [-0.2, -0.15) is 0 Å². The van der Waals surface area contributed by atoms with Crippen LogP contribution in [0.4, 0.5) is 5.69 Å². The van der Waals surface area contributed by atoms with Gasteiger partial charge in [-0.1, -0.05) is 0 Å². The first-order valence-corrected chi connectivity index (χ1v) is 6.86. The number of rotatable bonds is 4. The summed E-state index contributed by atoms with van der Waals surface area (Å²) in [7, 11) is 0. The molecule has 1 saturated heterocycles. The average molecular weight is 312 g/mol. The van der Waals surface area contributed by atoms with Crippen molar-refractivity contribution in [3.05, 3.63) is 29.8 Å². The van der Waals surface area contributed by atoms with Crippen LogP contribution in [0.2, 0.25) is 0 Å². The zero-order valence-electron chi connectivity index (χ0n) is 12.4. The van der Waals surface area contributed by atoms with Gasteiger partial charge >= 0.3 is 0 Å². The fraction of sp³-hybridized carbons (Fsp3) is 0.467. The molecule has 116 valence electrons. The molecule has 0 saturated carbocycles. The van der Waals surface area contributed by atoms with E-state index in [1.165, 1.54) is 0 Å². The molecule has 3 N–H and O–H groups in total. The molecule has 1 aliphatic rings. The van der Waals surface area contributed by atoms with Crippen molar-refractivity contribution in [1.82, 2.24) is 5.32 Å². The van der Waals surface area contributed by atoms with Crippen LogP contribution in [-0.4, -0.2) is 30.4 Å². The Hall–Kier alpha value is -1.59. The second-order valence-electron chi connectivity index (χ2n) is 5.74. The molecule has 0 aromatic heterocycles. The Morgan fingerprint density at radius 3 is 2.43 bits per heavy atom. The van der Waals surface area contributed by atoms with Crippen molar-refractivity contribution in [3.8, 4) is 0 Å². The first kappa shape index (κ1) is 17.5. The van der Waals surface area contributed by atoms with Crippen LogP contribution in [0.15, 0.2) is 24.3 Å². The van der Waals surface area contributed by atoms with Gasteiger partial charge in [0.2, 0.25) is 5.91 Å². The number of amides is 2. The minimum absolute atomic E-state index is 0. The van der Waals surface area contributed by atoms with E-state index in [9.17, 15) is 9.59 Å². The fourth-order valence-corrected chi connectivity index (χ4v) is 2.14. The maximum Gasteiger partial charge on any atom is 0.251 e. The van der Waals surface area contributed by atoms with Crippen LogP contribution >= 0.6 is 12.4 Å². The van der Waals surface area contributed by atoms with Gasteiger partial charge in [0.15, 0.2) is 0 Å². The number of benzene rings is 1. The Morgan fingerprint density at radius 2 is 1.95 bits per heavy atom. The van der Waals surface area contributed by atoms with E-state index in [0.717, 1.165) is 18.7 Å². The Bertz CT molecular complexity index is 514. The molecule has 1 fully saturated rings. The van der Waals surface area contributed by atoms with Crippen molar-refractivity contribution < 1.29 is 9.59 Å². The molecule has 2 amide bonds. The number of anilines is 1. The highest BCUT2D eigenvalue weighted by molar-refractivity contribution is 5.97. The molecule has 5 nitrogen and oxygen atoms in total. The number of nitrogens with one attached hydrogen (secondary N) is 1. The largest absolute Gasteiger partial charge is 0.346 e. The summed E-state index contributed by atoms with van der Waals surface area (Å²) in [5, 5.41) is 2.88. The molecular formula is C15H22ClN3O2. The maximum absolute atomic E-state index is 12.1. The number of nitrogens with zero attached hydrogens (tertiary/aromatic N) is 1. The summed E-state index contributed by atoms with van der Waals surface area (Å²) >= 11 is 0. The van der Waals surface area contributed by atoms with Crippen molar-refractivity contribution in [2.45, 2.75) is 32.2 Å². The highest BCUT2D eigenvalue weighted by Crippen LogP contribution is 2.21. The van der Waals surface area contributed by atoms with E-state index >= 15 is 0 Å². The molecule has 0 spiro atoms. The molecule has 0 radical (unpaired) electrons. The third-order valence-corrected chi connectivity index (χ3v) is 3.48. The van der Waals surface area contributed by atoms with Crippen molar-refractivity contribution in [2.75, 3.05) is 18.0 Å². The molecule has 0 bridgehead atoms. The summed E-state index contributed by atoms with van der Waals surface area (Å²) in [5.41, 5.74) is 6.59. The molecule has 2 rings (SSSR count). The van der Waals surface area contributed by atoms with Crippen LogP contribution in [0.1, 0.15) is 37.0 Å². The third kappa shape index (κ3) is 4.19. The van der Waals surface area contributed by atoms with E-state index in [1.54, 1.807) is 17.0 Å². The van der Waals surface area contributed by atoms with E-state index in [-0.39, 0.29) is 24.2 Å². The zero-order valence-corrected chi connectivity index (χ0v) is 13.2. The van der Waals surface area contributed by atoms with Gasteiger partial charge in [-0.3, -0.25) is 9.59 Å². The summed E-state index contributed by atoms with van der Waals surface area (Å²) in [6, 6.07) is 7.10. The van der Waals surface area contributed by atoms with Gasteiger partial charge < -0.3 is 16.0 Å². The third-order valence-electron chi connectivity index (χ3n) is 3.48. The van der Waals surface area contributed by atoms with Crippen LogP contribution in [-0.2, 0) is 4.79 Å². The standard InChI is InChI=1S/C15H21N3O2.ClH/c1-15(2,10-16)17-14(20)11-5-7-12(8-6-11)18-9-3-4-13(18)19;/h5-8H,3-4,9-10,16H2,1-2H3,(H,17,20);1H. The van der Waals surface area contributed by atoms with Gasteiger partial charge in [-0.05, 0) is 44.5 Å². The molecule has 0 atom stereocenters. The van der Waals surface area contributed by atoms with E-state index in [2.05, 4.69) is 5.32 Å². The summed E-state index contributed by atoms with van der Waals surface area (Å²) in [6.07, 6.45) is 1.50. The average Bonchev–Trinajstić information content (AvgIpc) is 2.85. The van der Waals surface area contributed by atoms with Crippen LogP contribution in [0.5, 0.6) is 0 Å². The summed E-state index contributed by atoms with van der Waals surface area (Å²) in [6.45, 7) is 4.88. The summed E-state index contributed by atoms with van der Waals surface area (Å²) < 4.78 is 0. The Labute approximate surface area is 131 Å². The second-order valence-corrected chi connectivity index (χ2v) is 5.74. The number of carbonyl (C=O) groups excluding carboxylic acids is 2. The minimum atomic E-state index is -0.430. The molecule has 1 aromatic carbocycles. The second kappa shape index (κ2) is 6.91. The topological polar surface area (TPSA) is 75.4 Å². The number of carbonyl (C=O) groups is 2. The lowest BCUT2D eigenvalue weighted by atomic mass is 10.1. The fourth-order valence-electron chi connectivity index (χ4n) is 2.14. The van der Waals surface area contributed by atoms with E-state index < -0.39 is 5.54 Å². The highest BCUT2D eigenvalue weighted by Gasteiger charge is 2.22. The lowest BCUT2D eigenvalue weighted by Gasteiger charge is -2.24. The van der Waals surface area contributed by atoms with Crippen LogP contribution in [0.3, 0.4) is 0 Å². The summed E-state index contributed by atoms with van der Waals surface area (Å²) in [5.74, 6) is -0.00813. The quantitative estimate of drug-likeness (QED) is 0.888. The van der Waals surface area contributed by atoms with Crippen LogP contribution in [0, 0.1) is 0 Å². The Kier molecular flexibility index (Phi) is 5.75. The molecule has 0 unspecified atom stereocenters. The molecule has 1 heterocycles. The molecular weight excluding hydrogens is 290 g/mol. The van der Waals surface area contributed by atoms with Crippen LogP contribution < -0.4 is 16.0 Å². The first-order valence-electron chi connectivity index (χ1n) is 6.86. The lowest BCUT2D eigenvalue weighted by Crippen LogP contribution is -2.48. The van der Waals surface area contributed by atoms with Gasteiger partial charge in [0.1, 0.15) is 0 Å². The zero-order chi connectivity index (χ0) is 14.8. The van der Waals surface area contributed by atoms with Crippen LogP contribution in [0.25, 0.3) is 0 Å². The van der Waals surface area contributed by atoms with Gasteiger partial charge in [0, 0.05) is 36.3 Å². The number of halogens is 1. The maximum atomic E-state index is 12.1. The Balaban J connectivity index is 0.00000220. The predicted octanol–water partition coefficient (Wildman–Crippen LogP) is 1.70. The smallest absolute Gasteiger partial charge is 0.251 e. The summed E-state index contributed by atoms with van der Waals surface area (Å²) in [4.78, 5) is 25.5. The number of hydrogen-bond donors (Lipinski definition) is 2. The van der Waals surface area contributed by atoms with E-state index in [1.807, 2.05) is 26.0 Å². The normalized spacial score (nSPS) is 14.8. The monoisotopic (exact) mass is 311 g/mol. The van der Waals surface area contributed by atoms with Gasteiger partial charge in [-0.25, -0.2) is 0 Å². The molecule has 1 aromatic rings. The van der Waals surface area contributed by atoms with Gasteiger partial charge in [0.05, 0.1) is 0 Å². The number of hydrogen-bond acceptors (Lipinski definition) is 3. The molecule has 1 aliphatic heterocycles. The van der Waals surface area contributed by atoms with Crippen molar-refractivity contribution in [1.29, 1.82) is 0 Å².